The SMILES string of the molecule is CC(=O)NCCCCCCCN1CC[C@@H]2C(C1)c1cc(F)ccc1N2c1ccc(F)cc1. The lowest BCUT2D eigenvalue weighted by Gasteiger charge is -2.39. The Bertz CT molecular complexity index is 918. The highest BCUT2D eigenvalue weighted by atomic mass is 19.1. The van der Waals surface area contributed by atoms with Gasteiger partial charge in [-0.05, 0) is 73.8 Å². The van der Waals surface area contributed by atoms with Gasteiger partial charge in [0.25, 0.3) is 0 Å². The lowest BCUT2D eigenvalue weighted by molar-refractivity contribution is -0.118. The Morgan fingerprint density at radius 2 is 1.72 bits per heavy atom. The average Bonchev–Trinajstić information content (AvgIpc) is 3.09. The van der Waals surface area contributed by atoms with Crippen LogP contribution in [0.2, 0.25) is 0 Å². The lowest BCUT2D eigenvalue weighted by Crippen LogP contribution is -2.45. The highest BCUT2D eigenvalue weighted by Crippen LogP contribution is 2.48. The van der Waals surface area contributed by atoms with Gasteiger partial charge in [0.05, 0.1) is 0 Å². The fourth-order valence-corrected chi connectivity index (χ4v) is 5.23. The summed E-state index contributed by atoms with van der Waals surface area (Å²) in [6, 6.07) is 12.0. The van der Waals surface area contributed by atoms with E-state index in [4.69, 9.17) is 0 Å². The van der Waals surface area contributed by atoms with Gasteiger partial charge in [0.15, 0.2) is 0 Å². The van der Waals surface area contributed by atoms with Crippen molar-refractivity contribution >= 4 is 17.3 Å². The van der Waals surface area contributed by atoms with E-state index in [1.165, 1.54) is 31.0 Å². The van der Waals surface area contributed by atoms with Crippen LogP contribution in [-0.4, -0.2) is 43.0 Å². The molecule has 2 aromatic carbocycles. The monoisotopic (exact) mass is 441 g/mol. The van der Waals surface area contributed by atoms with Crippen molar-refractivity contribution in [3.8, 4) is 0 Å². The maximum absolute atomic E-state index is 14.1. The molecule has 4 nitrogen and oxygen atoms in total. The topological polar surface area (TPSA) is 35.6 Å². The molecule has 0 radical (unpaired) electrons. The number of piperidine rings is 1. The first kappa shape index (κ1) is 22.7. The van der Waals surface area contributed by atoms with Gasteiger partial charge < -0.3 is 15.1 Å². The Morgan fingerprint density at radius 1 is 1.00 bits per heavy atom. The first-order chi connectivity index (χ1) is 15.5. The van der Waals surface area contributed by atoms with Crippen LogP contribution in [0.4, 0.5) is 20.2 Å². The second-order valence-corrected chi connectivity index (χ2v) is 9.06. The van der Waals surface area contributed by atoms with Crippen molar-refractivity contribution in [2.45, 2.75) is 57.4 Å². The molecular weight excluding hydrogens is 408 g/mol. The minimum atomic E-state index is -0.242. The van der Waals surface area contributed by atoms with Gasteiger partial charge in [-0.25, -0.2) is 8.78 Å². The maximum atomic E-state index is 14.1. The highest BCUT2D eigenvalue weighted by Gasteiger charge is 2.42. The van der Waals surface area contributed by atoms with Gasteiger partial charge in [0.1, 0.15) is 11.6 Å². The Labute approximate surface area is 189 Å². The van der Waals surface area contributed by atoms with E-state index in [0.717, 1.165) is 68.8 Å². The van der Waals surface area contributed by atoms with Crippen LogP contribution >= 0.6 is 0 Å². The van der Waals surface area contributed by atoms with E-state index >= 15 is 0 Å². The first-order valence-corrected chi connectivity index (χ1v) is 11.8. The van der Waals surface area contributed by atoms with E-state index in [9.17, 15) is 13.6 Å². The van der Waals surface area contributed by atoms with E-state index in [0.29, 0.717) is 0 Å². The molecule has 172 valence electrons. The van der Waals surface area contributed by atoms with Crippen molar-refractivity contribution < 1.29 is 13.6 Å². The number of halogens is 2. The summed E-state index contributed by atoms with van der Waals surface area (Å²) in [7, 11) is 0. The van der Waals surface area contributed by atoms with E-state index in [2.05, 4.69) is 15.1 Å². The number of anilines is 2. The fraction of sp³-hybridized carbons (Fsp3) is 0.500. The molecule has 32 heavy (non-hydrogen) atoms. The highest BCUT2D eigenvalue weighted by molar-refractivity contribution is 5.73. The van der Waals surface area contributed by atoms with Crippen molar-refractivity contribution in [2.75, 3.05) is 31.1 Å². The summed E-state index contributed by atoms with van der Waals surface area (Å²) in [4.78, 5) is 15.7. The minimum Gasteiger partial charge on any atom is -0.356 e. The predicted octanol–water partition coefficient (Wildman–Crippen LogP) is 5.36. The summed E-state index contributed by atoms with van der Waals surface area (Å²) in [5.74, 6) is -0.134. The number of nitrogens with one attached hydrogen (secondary N) is 1. The van der Waals surface area contributed by atoms with Gasteiger partial charge in [-0.1, -0.05) is 19.3 Å². The van der Waals surface area contributed by atoms with Crippen molar-refractivity contribution in [1.29, 1.82) is 0 Å². The van der Waals surface area contributed by atoms with Crippen LogP contribution in [0.15, 0.2) is 42.5 Å². The molecule has 0 aromatic heterocycles. The van der Waals surface area contributed by atoms with E-state index in [-0.39, 0.29) is 29.5 Å². The molecule has 0 bridgehead atoms. The Kier molecular flexibility index (Phi) is 7.40. The van der Waals surface area contributed by atoms with Gasteiger partial charge in [-0.2, -0.15) is 0 Å². The molecule has 1 saturated heterocycles. The summed E-state index contributed by atoms with van der Waals surface area (Å²) in [6.45, 7) is 5.35. The van der Waals surface area contributed by atoms with Crippen LogP contribution in [0.3, 0.4) is 0 Å². The van der Waals surface area contributed by atoms with Gasteiger partial charge >= 0.3 is 0 Å². The lowest BCUT2D eigenvalue weighted by atomic mass is 9.88. The van der Waals surface area contributed by atoms with Crippen LogP contribution in [-0.2, 0) is 4.79 Å². The number of rotatable bonds is 9. The van der Waals surface area contributed by atoms with Gasteiger partial charge in [-0.15, -0.1) is 0 Å². The van der Waals surface area contributed by atoms with Gasteiger partial charge in [-0.3, -0.25) is 4.79 Å². The number of carbonyl (C=O) groups excluding carboxylic acids is 1. The molecule has 2 aromatic rings. The third-order valence-corrected chi connectivity index (χ3v) is 6.77. The van der Waals surface area contributed by atoms with Crippen molar-refractivity contribution in [3.63, 3.8) is 0 Å². The molecule has 1 amide bonds. The number of benzene rings is 2. The zero-order valence-corrected chi connectivity index (χ0v) is 18.8. The smallest absolute Gasteiger partial charge is 0.216 e. The zero-order valence-electron chi connectivity index (χ0n) is 18.8. The molecular formula is C26H33F2N3O. The Morgan fingerprint density at radius 3 is 2.50 bits per heavy atom. The summed E-state index contributed by atoms with van der Waals surface area (Å²) >= 11 is 0. The van der Waals surface area contributed by atoms with Crippen LogP contribution in [0.5, 0.6) is 0 Å². The molecule has 6 heteroatoms. The predicted molar refractivity (Wildman–Crippen MR) is 124 cm³/mol. The molecule has 2 atom stereocenters. The van der Waals surface area contributed by atoms with Crippen LogP contribution < -0.4 is 10.2 Å². The van der Waals surface area contributed by atoms with Gasteiger partial charge in [0, 0.05) is 49.9 Å². The second kappa shape index (κ2) is 10.4. The summed E-state index contributed by atoms with van der Waals surface area (Å²) < 4.78 is 27.6. The van der Waals surface area contributed by atoms with Crippen molar-refractivity contribution in [1.82, 2.24) is 10.2 Å². The number of unbranched alkanes of at least 4 members (excludes halogenated alkanes) is 4. The fourth-order valence-electron chi connectivity index (χ4n) is 5.23. The van der Waals surface area contributed by atoms with E-state index in [1.54, 1.807) is 13.0 Å². The zero-order chi connectivity index (χ0) is 22.5. The third-order valence-electron chi connectivity index (χ3n) is 6.77. The number of fused-ring (bicyclic) bond motifs is 3. The second-order valence-electron chi connectivity index (χ2n) is 9.06. The maximum Gasteiger partial charge on any atom is 0.216 e. The largest absolute Gasteiger partial charge is 0.356 e. The van der Waals surface area contributed by atoms with Crippen LogP contribution in [0, 0.1) is 11.6 Å². The van der Waals surface area contributed by atoms with Crippen LogP contribution in [0.1, 0.15) is 56.9 Å². The number of amides is 1. The van der Waals surface area contributed by atoms with Crippen LogP contribution in [0.25, 0.3) is 0 Å². The number of likely N-dealkylation sites (tertiary alicyclic amines) is 1. The third kappa shape index (κ3) is 5.29. The summed E-state index contributed by atoms with van der Waals surface area (Å²) in [6.07, 6.45) is 6.73. The molecule has 2 aliphatic heterocycles. The number of carbonyl (C=O) groups is 1. The molecule has 1 unspecified atom stereocenters. The molecule has 2 aliphatic rings. The summed E-state index contributed by atoms with van der Waals surface area (Å²) in [5.41, 5.74) is 3.09. The molecule has 1 N–H and O–H groups in total. The molecule has 0 spiro atoms. The minimum absolute atomic E-state index is 0.0414. The quantitative estimate of drug-likeness (QED) is 0.532. The molecule has 0 aliphatic carbocycles. The van der Waals surface area contributed by atoms with Gasteiger partial charge in [0.2, 0.25) is 5.91 Å². The standard InChI is InChI=1S/C26H33F2N3O/c1-19(32)29-14-5-3-2-4-6-15-30-16-13-26-24(18-30)23-17-21(28)9-12-25(23)31(26)22-10-7-20(27)8-11-22/h7-12,17,24,26H,2-6,13-16,18H2,1H3,(H,29,32)/t24?,26-/m1/s1. The molecule has 1 fully saturated rings. The normalized spacial score (nSPS) is 20.2. The number of hydrogen-bond acceptors (Lipinski definition) is 3. The van der Waals surface area contributed by atoms with E-state index < -0.39 is 0 Å². The van der Waals surface area contributed by atoms with Crippen molar-refractivity contribution in [3.05, 3.63) is 59.7 Å². The first-order valence-electron chi connectivity index (χ1n) is 11.8. The van der Waals surface area contributed by atoms with Crippen molar-refractivity contribution in [2.24, 2.45) is 0 Å². The number of hydrogen-bond donors (Lipinski definition) is 1. The summed E-state index contributed by atoms with van der Waals surface area (Å²) in [5, 5.41) is 2.84. The Hall–Kier alpha value is -2.47. The Balaban J connectivity index is 1.33. The number of nitrogens with zero attached hydrogens (tertiary/aromatic N) is 2. The molecule has 2 heterocycles. The molecule has 0 saturated carbocycles. The molecule has 4 rings (SSSR count). The average molecular weight is 442 g/mol. The van der Waals surface area contributed by atoms with E-state index in [1.807, 2.05) is 18.2 Å².